The van der Waals surface area contributed by atoms with Crippen molar-refractivity contribution in [3.8, 4) is 0 Å². The molecule has 1 aliphatic heterocycles. The second kappa shape index (κ2) is 8.27. The molecule has 2 amide bonds. The van der Waals surface area contributed by atoms with Crippen molar-refractivity contribution in [2.75, 3.05) is 31.6 Å². The minimum Gasteiger partial charge on any atom is -0.378 e. The van der Waals surface area contributed by atoms with Crippen LogP contribution >= 0.6 is 11.3 Å². The summed E-state index contributed by atoms with van der Waals surface area (Å²) in [6, 6.07) is 7.52. The number of thiophene rings is 1. The molecule has 0 saturated carbocycles. The van der Waals surface area contributed by atoms with E-state index in [1.54, 1.807) is 22.3 Å². The number of hydrogen-bond acceptors (Lipinski definition) is 4. The Labute approximate surface area is 151 Å². The summed E-state index contributed by atoms with van der Waals surface area (Å²) in [6.07, 6.45) is 1.15. The zero-order valence-electron chi connectivity index (χ0n) is 14.3. The van der Waals surface area contributed by atoms with Gasteiger partial charge in [-0.1, -0.05) is 6.07 Å². The standard InChI is InChI=1S/C19H22N2O3S/c1-14-2-4-16(20-18(22)5-3-15-6-11-25-13-15)12-17(14)19(23)21-7-9-24-10-8-21/h2,4,6,11-13H,3,5,7-10H2,1H3,(H,20,22). The lowest BCUT2D eigenvalue weighted by atomic mass is 10.1. The van der Waals surface area contributed by atoms with Crippen LogP contribution < -0.4 is 5.32 Å². The monoisotopic (exact) mass is 358 g/mol. The molecule has 0 radical (unpaired) electrons. The molecule has 0 bridgehead atoms. The Kier molecular flexibility index (Phi) is 5.83. The molecule has 132 valence electrons. The van der Waals surface area contributed by atoms with Crippen molar-refractivity contribution in [2.24, 2.45) is 0 Å². The largest absolute Gasteiger partial charge is 0.378 e. The highest BCUT2D eigenvalue weighted by atomic mass is 32.1. The Morgan fingerprint density at radius 1 is 1.24 bits per heavy atom. The lowest BCUT2D eigenvalue weighted by Gasteiger charge is -2.27. The average molecular weight is 358 g/mol. The third-order valence-corrected chi connectivity index (χ3v) is 5.00. The van der Waals surface area contributed by atoms with Crippen molar-refractivity contribution in [1.29, 1.82) is 0 Å². The Hall–Kier alpha value is -2.18. The highest BCUT2D eigenvalue weighted by molar-refractivity contribution is 7.07. The van der Waals surface area contributed by atoms with E-state index in [-0.39, 0.29) is 11.8 Å². The van der Waals surface area contributed by atoms with E-state index in [0.29, 0.717) is 44.0 Å². The molecule has 1 aliphatic rings. The SMILES string of the molecule is Cc1ccc(NC(=O)CCc2ccsc2)cc1C(=O)N1CCOCC1. The van der Waals surface area contributed by atoms with Crippen molar-refractivity contribution < 1.29 is 14.3 Å². The summed E-state index contributed by atoms with van der Waals surface area (Å²) in [6.45, 7) is 4.27. The second-order valence-electron chi connectivity index (χ2n) is 6.11. The van der Waals surface area contributed by atoms with Crippen LogP contribution in [0.3, 0.4) is 0 Å². The zero-order chi connectivity index (χ0) is 17.6. The number of carbonyl (C=O) groups excluding carboxylic acids is 2. The zero-order valence-corrected chi connectivity index (χ0v) is 15.1. The number of anilines is 1. The van der Waals surface area contributed by atoms with E-state index in [4.69, 9.17) is 4.74 Å². The fourth-order valence-corrected chi connectivity index (χ4v) is 3.49. The first kappa shape index (κ1) is 17.6. The number of hydrogen-bond donors (Lipinski definition) is 1. The normalized spacial score (nSPS) is 14.4. The van der Waals surface area contributed by atoms with Crippen LogP contribution in [-0.2, 0) is 16.0 Å². The maximum Gasteiger partial charge on any atom is 0.254 e. The smallest absolute Gasteiger partial charge is 0.254 e. The number of amides is 2. The van der Waals surface area contributed by atoms with Gasteiger partial charge in [0, 0.05) is 30.8 Å². The third-order valence-electron chi connectivity index (χ3n) is 4.27. The first-order valence-electron chi connectivity index (χ1n) is 8.42. The molecule has 1 aromatic heterocycles. The molecular formula is C19H22N2O3S. The van der Waals surface area contributed by atoms with Crippen molar-refractivity contribution >= 4 is 28.8 Å². The minimum absolute atomic E-state index is 0.00447. The van der Waals surface area contributed by atoms with E-state index in [9.17, 15) is 9.59 Å². The molecule has 0 aliphatic carbocycles. The van der Waals surface area contributed by atoms with Gasteiger partial charge < -0.3 is 15.0 Å². The van der Waals surface area contributed by atoms with Crippen LogP contribution in [0.15, 0.2) is 35.0 Å². The molecular weight excluding hydrogens is 336 g/mol. The van der Waals surface area contributed by atoms with Crippen molar-refractivity contribution in [2.45, 2.75) is 19.8 Å². The molecule has 1 fully saturated rings. The molecule has 5 nitrogen and oxygen atoms in total. The van der Waals surface area contributed by atoms with Crippen molar-refractivity contribution in [3.63, 3.8) is 0 Å². The number of morpholine rings is 1. The van der Waals surface area contributed by atoms with Gasteiger partial charge in [0.05, 0.1) is 13.2 Å². The van der Waals surface area contributed by atoms with Gasteiger partial charge in [0.25, 0.3) is 5.91 Å². The summed E-state index contributed by atoms with van der Waals surface area (Å²) in [5, 5.41) is 6.96. The molecule has 25 heavy (non-hydrogen) atoms. The van der Waals surface area contributed by atoms with Gasteiger partial charge in [0.2, 0.25) is 5.91 Å². The summed E-state index contributed by atoms with van der Waals surface area (Å²) in [4.78, 5) is 26.7. The Bertz CT molecular complexity index is 737. The first-order chi connectivity index (χ1) is 12.1. The van der Waals surface area contributed by atoms with Crippen LogP contribution in [-0.4, -0.2) is 43.0 Å². The van der Waals surface area contributed by atoms with Gasteiger partial charge in [-0.05, 0) is 53.4 Å². The summed E-state index contributed by atoms with van der Waals surface area (Å²) in [5.41, 5.74) is 3.38. The van der Waals surface area contributed by atoms with E-state index in [1.807, 2.05) is 30.5 Å². The van der Waals surface area contributed by atoms with Crippen LogP contribution in [0.5, 0.6) is 0 Å². The molecule has 2 aromatic rings. The molecule has 3 rings (SSSR count). The molecule has 1 saturated heterocycles. The number of nitrogens with one attached hydrogen (secondary N) is 1. The predicted molar refractivity (Wildman–Crippen MR) is 99.2 cm³/mol. The van der Waals surface area contributed by atoms with Gasteiger partial charge in [-0.2, -0.15) is 11.3 Å². The van der Waals surface area contributed by atoms with E-state index in [1.165, 1.54) is 5.56 Å². The van der Waals surface area contributed by atoms with Gasteiger partial charge in [0.15, 0.2) is 0 Å². The summed E-state index contributed by atoms with van der Waals surface area (Å²) in [5.74, 6) is -0.0463. The number of nitrogens with zero attached hydrogens (tertiary/aromatic N) is 1. The highest BCUT2D eigenvalue weighted by Gasteiger charge is 2.20. The third kappa shape index (κ3) is 4.67. The fraction of sp³-hybridized carbons (Fsp3) is 0.368. The van der Waals surface area contributed by atoms with Crippen LogP contribution in [0.1, 0.15) is 27.9 Å². The molecule has 0 unspecified atom stereocenters. The quantitative estimate of drug-likeness (QED) is 0.893. The molecule has 1 N–H and O–H groups in total. The van der Waals surface area contributed by atoms with E-state index >= 15 is 0 Å². The lowest BCUT2D eigenvalue weighted by molar-refractivity contribution is -0.116. The topological polar surface area (TPSA) is 58.6 Å². The van der Waals surface area contributed by atoms with E-state index < -0.39 is 0 Å². The number of carbonyl (C=O) groups is 2. The molecule has 6 heteroatoms. The van der Waals surface area contributed by atoms with Crippen LogP contribution in [0.2, 0.25) is 0 Å². The lowest BCUT2D eigenvalue weighted by Crippen LogP contribution is -2.41. The molecule has 0 spiro atoms. The Balaban J connectivity index is 1.64. The molecule has 1 aromatic carbocycles. The van der Waals surface area contributed by atoms with Crippen LogP contribution in [0.4, 0.5) is 5.69 Å². The number of ether oxygens (including phenoxy) is 1. The van der Waals surface area contributed by atoms with E-state index in [2.05, 4.69) is 10.7 Å². The Morgan fingerprint density at radius 3 is 2.76 bits per heavy atom. The maximum absolute atomic E-state index is 12.7. The van der Waals surface area contributed by atoms with Gasteiger partial charge in [0.1, 0.15) is 0 Å². The molecule has 0 atom stereocenters. The second-order valence-corrected chi connectivity index (χ2v) is 6.89. The van der Waals surface area contributed by atoms with Crippen LogP contribution in [0.25, 0.3) is 0 Å². The fourth-order valence-electron chi connectivity index (χ4n) is 2.78. The highest BCUT2D eigenvalue weighted by Crippen LogP contribution is 2.19. The molecule has 2 heterocycles. The predicted octanol–water partition coefficient (Wildman–Crippen LogP) is 3.10. The van der Waals surface area contributed by atoms with Crippen molar-refractivity contribution in [3.05, 3.63) is 51.7 Å². The average Bonchev–Trinajstić information content (AvgIpc) is 3.15. The summed E-state index contributed by atoms with van der Waals surface area (Å²) < 4.78 is 5.30. The number of rotatable bonds is 5. The maximum atomic E-state index is 12.7. The minimum atomic E-state index is -0.0418. The van der Waals surface area contributed by atoms with Gasteiger partial charge in [-0.15, -0.1) is 0 Å². The summed E-state index contributed by atoms with van der Waals surface area (Å²) in [7, 11) is 0. The number of aryl methyl sites for hydroxylation is 2. The van der Waals surface area contributed by atoms with Gasteiger partial charge >= 0.3 is 0 Å². The summed E-state index contributed by atoms with van der Waals surface area (Å²) >= 11 is 1.63. The number of benzene rings is 1. The Morgan fingerprint density at radius 2 is 2.04 bits per heavy atom. The van der Waals surface area contributed by atoms with E-state index in [0.717, 1.165) is 12.0 Å². The van der Waals surface area contributed by atoms with Gasteiger partial charge in [-0.25, -0.2) is 0 Å². The van der Waals surface area contributed by atoms with Crippen LogP contribution in [0, 0.1) is 6.92 Å². The first-order valence-corrected chi connectivity index (χ1v) is 9.36. The van der Waals surface area contributed by atoms with Gasteiger partial charge in [-0.3, -0.25) is 9.59 Å². The van der Waals surface area contributed by atoms with Crippen molar-refractivity contribution in [1.82, 2.24) is 4.90 Å².